The lowest BCUT2D eigenvalue weighted by atomic mass is 10.1. The van der Waals surface area contributed by atoms with Crippen LogP contribution >= 0.6 is 0 Å². The van der Waals surface area contributed by atoms with E-state index in [1.165, 1.54) is 5.56 Å². The quantitative estimate of drug-likeness (QED) is 0.853. The van der Waals surface area contributed by atoms with E-state index in [1.54, 1.807) is 6.07 Å². The lowest BCUT2D eigenvalue weighted by Crippen LogP contribution is -2.26. The van der Waals surface area contributed by atoms with Crippen LogP contribution in [0.25, 0.3) is 0 Å². The first-order chi connectivity index (χ1) is 9.25. The van der Waals surface area contributed by atoms with E-state index >= 15 is 0 Å². The molecule has 3 rings (SSSR count). The molecule has 3 nitrogen and oxygen atoms in total. The van der Waals surface area contributed by atoms with Crippen LogP contribution in [-0.2, 0) is 13.0 Å². The third kappa shape index (κ3) is 2.19. The van der Waals surface area contributed by atoms with E-state index in [0.717, 1.165) is 18.5 Å². The molecule has 19 heavy (non-hydrogen) atoms. The van der Waals surface area contributed by atoms with E-state index in [9.17, 15) is 4.79 Å². The van der Waals surface area contributed by atoms with Crippen LogP contribution < -0.4 is 5.73 Å². The van der Waals surface area contributed by atoms with Crippen molar-refractivity contribution in [2.24, 2.45) is 0 Å². The molecule has 2 aromatic carbocycles. The normalized spacial score (nSPS) is 13.7. The lowest BCUT2D eigenvalue weighted by molar-refractivity contribution is 0.0781. The Hall–Kier alpha value is -2.29. The van der Waals surface area contributed by atoms with Gasteiger partial charge in [0.15, 0.2) is 0 Å². The van der Waals surface area contributed by atoms with Gasteiger partial charge < -0.3 is 10.6 Å². The van der Waals surface area contributed by atoms with Crippen LogP contribution in [-0.4, -0.2) is 17.4 Å². The standard InChI is InChI=1S/C16H16N2O/c17-14-8-4-7-13-11-18(16(19)15(13)14)10-9-12-5-2-1-3-6-12/h1-8H,9-11,17H2. The molecular weight excluding hydrogens is 236 g/mol. The maximum Gasteiger partial charge on any atom is 0.256 e. The van der Waals surface area contributed by atoms with Crippen molar-refractivity contribution in [2.45, 2.75) is 13.0 Å². The summed E-state index contributed by atoms with van der Waals surface area (Å²) in [4.78, 5) is 14.2. The fraction of sp³-hybridized carbons (Fsp3) is 0.188. The molecule has 0 spiro atoms. The van der Waals surface area contributed by atoms with Gasteiger partial charge in [-0.05, 0) is 23.6 Å². The van der Waals surface area contributed by atoms with Crippen LogP contribution in [0.15, 0.2) is 48.5 Å². The molecule has 0 fully saturated rings. The second-order valence-electron chi connectivity index (χ2n) is 4.84. The van der Waals surface area contributed by atoms with Gasteiger partial charge in [-0.15, -0.1) is 0 Å². The minimum absolute atomic E-state index is 0.0593. The summed E-state index contributed by atoms with van der Waals surface area (Å²) >= 11 is 0. The largest absolute Gasteiger partial charge is 0.398 e. The second-order valence-corrected chi connectivity index (χ2v) is 4.84. The molecule has 0 aromatic heterocycles. The highest BCUT2D eigenvalue weighted by Gasteiger charge is 2.28. The fourth-order valence-electron chi connectivity index (χ4n) is 2.54. The maximum absolute atomic E-state index is 12.3. The predicted octanol–water partition coefficient (Wildman–Crippen LogP) is 2.47. The van der Waals surface area contributed by atoms with Crippen molar-refractivity contribution in [1.82, 2.24) is 4.90 Å². The van der Waals surface area contributed by atoms with Crippen LogP contribution in [0.4, 0.5) is 5.69 Å². The monoisotopic (exact) mass is 252 g/mol. The highest BCUT2D eigenvalue weighted by Crippen LogP contribution is 2.27. The molecule has 2 N–H and O–H groups in total. The van der Waals surface area contributed by atoms with E-state index < -0.39 is 0 Å². The molecule has 0 saturated heterocycles. The van der Waals surface area contributed by atoms with Gasteiger partial charge in [0.2, 0.25) is 0 Å². The van der Waals surface area contributed by atoms with Crippen LogP contribution in [0.1, 0.15) is 21.5 Å². The number of carbonyl (C=O) groups excluding carboxylic acids is 1. The van der Waals surface area contributed by atoms with Crippen molar-refractivity contribution in [3.05, 3.63) is 65.2 Å². The molecule has 1 heterocycles. The van der Waals surface area contributed by atoms with Crippen LogP contribution in [0.2, 0.25) is 0 Å². The Morgan fingerprint density at radius 2 is 1.84 bits per heavy atom. The summed E-state index contributed by atoms with van der Waals surface area (Å²) in [5, 5.41) is 0. The zero-order chi connectivity index (χ0) is 13.2. The highest BCUT2D eigenvalue weighted by molar-refractivity contribution is 6.03. The molecule has 0 atom stereocenters. The first-order valence-corrected chi connectivity index (χ1v) is 6.46. The van der Waals surface area contributed by atoms with Crippen LogP contribution in [0.3, 0.4) is 0 Å². The number of anilines is 1. The number of nitrogens with zero attached hydrogens (tertiary/aromatic N) is 1. The summed E-state index contributed by atoms with van der Waals surface area (Å²) in [6, 6.07) is 15.9. The average molecular weight is 252 g/mol. The summed E-state index contributed by atoms with van der Waals surface area (Å²) in [7, 11) is 0. The van der Waals surface area contributed by atoms with Crippen molar-refractivity contribution in [3.63, 3.8) is 0 Å². The summed E-state index contributed by atoms with van der Waals surface area (Å²) in [5.41, 5.74) is 9.45. The zero-order valence-electron chi connectivity index (χ0n) is 10.7. The van der Waals surface area contributed by atoms with E-state index in [0.29, 0.717) is 17.8 Å². The van der Waals surface area contributed by atoms with Crippen LogP contribution in [0.5, 0.6) is 0 Å². The molecule has 0 unspecified atom stereocenters. The number of nitrogen functional groups attached to an aromatic ring is 1. The molecule has 3 heteroatoms. The third-order valence-corrected chi connectivity index (χ3v) is 3.56. The molecule has 0 radical (unpaired) electrons. The van der Waals surface area contributed by atoms with E-state index in [4.69, 9.17) is 5.73 Å². The SMILES string of the molecule is Nc1cccc2c1C(=O)N(CCc1ccccc1)C2. The third-order valence-electron chi connectivity index (χ3n) is 3.56. The van der Waals surface area contributed by atoms with Crippen molar-refractivity contribution in [3.8, 4) is 0 Å². The number of benzene rings is 2. The smallest absolute Gasteiger partial charge is 0.256 e. The van der Waals surface area contributed by atoms with Crippen molar-refractivity contribution in [1.29, 1.82) is 0 Å². The summed E-state index contributed by atoms with van der Waals surface area (Å²) < 4.78 is 0. The Balaban J connectivity index is 1.73. The minimum Gasteiger partial charge on any atom is -0.398 e. The summed E-state index contributed by atoms with van der Waals surface area (Å²) in [5.74, 6) is 0.0593. The topological polar surface area (TPSA) is 46.3 Å². The first-order valence-electron chi connectivity index (χ1n) is 6.46. The van der Waals surface area contributed by atoms with Gasteiger partial charge >= 0.3 is 0 Å². The van der Waals surface area contributed by atoms with E-state index in [-0.39, 0.29) is 5.91 Å². The number of hydrogen-bond donors (Lipinski definition) is 1. The molecule has 1 aliphatic rings. The Morgan fingerprint density at radius 1 is 1.05 bits per heavy atom. The van der Waals surface area contributed by atoms with Crippen molar-refractivity contribution < 1.29 is 4.79 Å². The number of carbonyl (C=O) groups is 1. The van der Waals surface area contributed by atoms with Gasteiger partial charge in [0, 0.05) is 18.8 Å². The van der Waals surface area contributed by atoms with Gasteiger partial charge in [0.1, 0.15) is 0 Å². The number of nitrogens with two attached hydrogens (primary N) is 1. The van der Waals surface area contributed by atoms with Gasteiger partial charge in [-0.3, -0.25) is 4.79 Å². The second kappa shape index (κ2) is 4.76. The van der Waals surface area contributed by atoms with Gasteiger partial charge in [-0.1, -0.05) is 42.5 Å². The van der Waals surface area contributed by atoms with E-state index in [2.05, 4.69) is 12.1 Å². The Kier molecular flexibility index (Phi) is 2.95. The average Bonchev–Trinajstić information content (AvgIpc) is 2.76. The Bertz CT molecular complexity index is 607. The maximum atomic E-state index is 12.3. The molecule has 1 aliphatic heterocycles. The van der Waals surface area contributed by atoms with Crippen molar-refractivity contribution >= 4 is 11.6 Å². The lowest BCUT2D eigenvalue weighted by Gasteiger charge is -2.15. The Labute approximate surface area is 112 Å². The van der Waals surface area contributed by atoms with Gasteiger partial charge in [0.25, 0.3) is 5.91 Å². The molecule has 1 amide bonds. The molecule has 96 valence electrons. The molecule has 0 aliphatic carbocycles. The summed E-state index contributed by atoms with van der Waals surface area (Å²) in [6.07, 6.45) is 0.875. The minimum atomic E-state index is 0.0593. The highest BCUT2D eigenvalue weighted by atomic mass is 16.2. The number of hydrogen-bond acceptors (Lipinski definition) is 2. The van der Waals surface area contributed by atoms with E-state index in [1.807, 2.05) is 35.2 Å². The van der Waals surface area contributed by atoms with Gasteiger partial charge in [-0.2, -0.15) is 0 Å². The van der Waals surface area contributed by atoms with Gasteiger partial charge in [0.05, 0.1) is 5.56 Å². The Morgan fingerprint density at radius 3 is 2.58 bits per heavy atom. The van der Waals surface area contributed by atoms with Gasteiger partial charge in [-0.25, -0.2) is 0 Å². The molecule has 0 bridgehead atoms. The number of amides is 1. The number of rotatable bonds is 3. The molecular formula is C16H16N2O. The molecule has 2 aromatic rings. The number of fused-ring (bicyclic) bond motifs is 1. The first kappa shape index (κ1) is 11.8. The fourth-order valence-corrected chi connectivity index (χ4v) is 2.54. The molecule has 0 saturated carbocycles. The van der Waals surface area contributed by atoms with Crippen molar-refractivity contribution in [2.75, 3.05) is 12.3 Å². The summed E-state index contributed by atoms with van der Waals surface area (Å²) in [6.45, 7) is 1.41. The zero-order valence-corrected chi connectivity index (χ0v) is 10.7. The predicted molar refractivity (Wildman–Crippen MR) is 75.7 cm³/mol. The van der Waals surface area contributed by atoms with Crippen LogP contribution in [0, 0.1) is 0 Å².